The number of likely N-dealkylation sites (tertiary alicyclic amines) is 1. The number of anilines is 2. The molecule has 1 aromatic heterocycles. The van der Waals surface area contributed by atoms with Crippen LogP contribution in [0.1, 0.15) is 24.2 Å². The van der Waals surface area contributed by atoms with Gasteiger partial charge in [-0.05, 0) is 24.3 Å². The van der Waals surface area contributed by atoms with Crippen LogP contribution in [0.2, 0.25) is 0 Å². The van der Waals surface area contributed by atoms with Crippen molar-refractivity contribution in [2.75, 3.05) is 36.5 Å². The number of nitrogens with one attached hydrogen (secondary N) is 2. The van der Waals surface area contributed by atoms with Crippen molar-refractivity contribution in [3.63, 3.8) is 0 Å². The summed E-state index contributed by atoms with van der Waals surface area (Å²) < 4.78 is 33.7. The van der Waals surface area contributed by atoms with Crippen LogP contribution in [0.3, 0.4) is 0 Å². The van der Waals surface area contributed by atoms with Crippen molar-refractivity contribution < 1.29 is 18.0 Å². The molecule has 5 rings (SSSR count). The highest BCUT2D eigenvalue weighted by molar-refractivity contribution is 6.14. The number of benzene rings is 2. The Morgan fingerprint density at radius 1 is 1.18 bits per heavy atom. The van der Waals surface area contributed by atoms with Crippen LogP contribution in [-0.4, -0.2) is 54.4 Å². The molecule has 0 radical (unpaired) electrons. The molecule has 2 N–H and O–H groups in total. The van der Waals surface area contributed by atoms with Crippen molar-refractivity contribution >= 4 is 41.1 Å². The fourth-order valence-corrected chi connectivity index (χ4v) is 4.47. The zero-order valence-electron chi connectivity index (χ0n) is 19.0. The van der Waals surface area contributed by atoms with Crippen molar-refractivity contribution in [3.8, 4) is 0 Å². The molecule has 2 unspecified atom stereocenters. The summed E-state index contributed by atoms with van der Waals surface area (Å²) >= 11 is 0. The van der Waals surface area contributed by atoms with Gasteiger partial charge in [-0.15, -0.1) is 0 Å². The average molecular weight is 469 g/mol. The zero-order valence-corrected chi connectivity index (χ0v) is 19.0. The maximum absolute atomic E-state index is 14.5. The van der Waals surface area contributed by atoms with Gasteiger partial charge < -0.3 is 19.6 Å². The summed E-state index contributed by atoms with van der Waals surface area (Å²) in [5.74, 6) is -0.996. The van der Waals surface area contributed by atoms with Gasteiger partial charge in [0.1, 0.15) is 22.7 Å². The number of oxazole rings is 1. The summed E-state index contributed by atoms with van der Waals surface area (Å²) in [6.07, 6.45) is 2.18. The average Bonchev–Trinajstić information content (AvgIpc) is 3.53. The van der Waals surface area contributed by atoms with Crippen molar-refractivity contribution in [1.82, 2.24) is 9.88 Å². The number of hydrogen-bond acceptors (Lipinski definition) is 7. The first-order valence-electron chi connectivity index (χ1n) is 11.2. The molecule has 8 nitrogen and oxygen atoms in total. The van der Waals surface area contributed by atoms with Crippen molar-refractivity contribution in [1.29, 1.82) is 5.41 Å². The van der Waals surface area contributed by atoms with Crippen LogP contribution in [0.5, 0.6) is 0 Å². The maximum atomic E-state index is 14.5. The molecular formula is C24H26F2N6O2. The second kappa shape index (κ2) is 9.98. The van der Waals surface area contributed by atoms with Crippen LogP contribution < -0.4 is 10.3 Å². The number of aromatic nitrogens is 1. The van der Waals surface area contributed by atoms with E-state index in [2.05, 4.69) is 15.5 Å². The first-order valence-corrected chi connectivity index (χ1v) is 11.2. The number of hydrogen-bond donors (Lipinski definition) is 2. The van der Waals surface area contributed by atoms with E-state index in [1.807, 2.05) is 18.7 Å². The molecule has 0 saturated carbocycles. The van der Waals surface area contributed by atoms with Crippen LogP contribution >= 0.6 is 0 Å². The lowest BCUT2D eigenvalue weighted by atomic mass is 10.0. The Bertz CT molecular complexity index is 1210. The molecule has 3 heterocycles. The number of carbonyl (C=O) groups excluding carboxylic acids is 1. The van der Waals surface area contributed by atoms with Gasteiger partial charge in [-0.3, -0.25) is 10.2 Å². The van der Waals surface area contributed by atoms with E-state index in [1.165, 1.54) is 30.5 Å². The van der Waals surface area contributed by atoms with Gasteiger partial charge in [-0.2, -0.15) is 10.1 Å². The summed E-state index contributed by atoms with van der Waals surface area (Å²) in [6, 6.07) is 9.01. The van der Waals surface area contributed by atoms with E-state index in [9.17, 15) is 13.6 Å². The number of carbonyl (C=O) groups is 1. The normalized spacial score (nSPS) is 19.3. The molecule has 0 bridgehead atoms. The Morgan fingerprint density at radius 2 is 1.91 bits per heavy atom. The molecule has 2 aliphatic rings. The van der Waals surface area contributed by atoms with Gasteiger partial charge in [-0.1, -0.05) is 19.9 Å². The highest BCUT2D eigenvalue weighted by atomic mass is 19.1. The first-order chi connectivity index (χ1) is 16.5. The number of fused-ring (bicyclic) bond motifs is 2. The monoisotopic (exact) mass is 468 g/mol. The third-order valence-corrected chi connectivity index (χ3v) is 5.94. The van der Waals surface area contributed by atoms with Crippen LogP contribution in [0.25, 0.3) is 11.1 Å². The number of rotatable bonds is 5. The minimum Gasteiger partial charge on any atom is -0.423 e. The molecule has 34 heavy (non-hydrogen) atoms. The van der Waals surface area contributed by atoms with Gasteiger partial charge >= 0.3 is 0 Å². The topological polar surface area (TPSA) is 97.8 Å². The fraction of sp³-hybridized carbons (Fsp3) is 0.333. The van der Waals surface area contributed by atoms with Crippen LogP contribution in [0.15, 0.2) is 45.9 Å². The van der Waals surface area contributed by atoms with Crippen LogP contribution in [0.4, 0.5) is 20.5 Å². The summed E-state index contributed by atoms with van der Waals surface area (Å²) in [7, 11) is 0. The maximum Gasteiger partial charge on any atom is 0.298 e. The lowest BCUT2D eigenvalue weighted by Crippen LogP contribution is -2.34. The van der Waals surface area contributed by atoms with Crippen molar-refractivity contribution in [2.45, 2.75) is 13.8 Å². The second-order valence-corrected chi connectivity index (χ2v) is 7.96. The van der Waals surface area contributed by atoms with Gasteiger partial charge in [0.25, 0.3) is 11.9 Å². The van der Waals surface area contributed by atoms with Gasteiger partial charge in [0.15, 0.2) is 5.58 Å². The molecule has 2 saturated heterocycles. The molecule has 1 amide bonds. The van der Waals surface area contributed by atoms with Crippen molar-refractivity contribution in [2.24, 2.45) is 16.9 Å². The summed E-state index contributed by atoms with van der Waals surface area (Å²) in [5, 5.41) is 10.8. The van der Waals surface area contributed by atoms with E-state index in [4.69, 9.17) is 9.83 Å². The first kappa shape index (κ1) is 23.3. The van der Waals surface area contributed by atoms with Crippen LogP contribution in [0, 0.1) is 28.9 Å². The van der Waals surface area contributed by atoms with Crippen LogP contribution in [-0.2, 0) is 0 Å². The molecular weight excluding hydrogens is 442 g/mol. The lowest BCUT2D eigenvalue weighted by Gasteiger charge is -2.22. The minimum absolute atomic E-state index is 0.0626. The van der Waals surface area contributed by atoms with E-state index >= 15 is 0 Å². The second-order valence-electron chi connectivity index (χ2n) is 7.96. The quantitative estimate of drug-likeness (QED) is 0.428. The highest BCUT2D eigenvalue weighted by Gasteiger charge is 2.43. The third kappa shape index (κ3) is 4.48. The molecule has 10 heteroatoms. The number of halogens is 2. The van der Waals surface area contributed by atoms with E-state index in [-0.39, 0.29) is 28.9 Å². The van der Waals surface area contributed by atoms with Gasteiger partial charge in [0.05, 0.1) is 11.9 Å². The molecule has 3 aromatic rings. The predicted octanol–water partition coefficient (Wildman–Crippen LogP) is 4.39. The Kier molecular flexibility index (Phi) is 6.85. The molecule has 0 aliphatic carbocycles. The predicted molar refractivity (Wildman–Crippen MR) is 128 cm³/mol. The lowest BCUT2D eigenvalue weighted by molar-refractivity contribution is 0.0779. The van der Waals surface area contributed by atoms with Gasteiger partial charge in [-0.25, -0.2) is 8.78 Å². The standard InChI is InChI=1S/C22H20F2N6O2.C2H6/c23-15-4-5-17-19(8-15)32-22(27-17)30-11-13-9-29(10-14(13)12-30)21(31)20-16(24)2-1-3-18(20)28-26-7-6-25;1-2/h1-8,13-14,25,28H,9-12H2;1-2H3/b25-6?,26-7-;. The van der Waals surface area contributed by atoms with E-state index in [0.29, 0.717) is 43.3 Å². The highest BCUT2D eigenvalue weighted by Crippen LogP contribution is 2.36. The van der Waals surface area contributed by atoms with Gasteiger partial charge in [0, 0.05) is 50.3 Å². The molecule has 178 valence electrons. The molecule has 2 atom stereocenters. The number of nitrogens with zero attached hydrogens (tertiary/aromatic N) is 4. The number of hydrazone groups is 1. The SMILES string of the molecule is CC.N=C/C=N\Nc1cccc(F)c1C(=O)N1CC2CN(c3nc4ccc(F)cc4o3)CC2C1. The summed E-state index contributed by atoms with van der Waals surface area (Å²) in [4.78, 5) is 21.2. The van der Waals surface area contributed by atoms with E-state index in [1.54, 1.807) is 17.0 Å². The number of amides is 1. The zero-order chi connectivity index (χ0) is 24.2. The molecule has 2 aliphatic heterocycles. The minimum atomic E-state index is -0.623. The summed E-state index contributed by atoms with van der Waals surface area (Å²) in [6.45, 7) is 6.28. The van der Waals surface area contributed by atoms with Crippen molar-refractivity contribution in [3.05, 3.63) is 53.6 Å². The Balaban J connectivity index is 0.00000133. The molecule has 0 spiro atoms. The third-order valence-electron chi connectivity index (χ3n) is 5.94. The largest absolute Gasteiger partial charge is 0.423 e. The Labute approximate surface area is 195 Å². The Morgan fingerprint density at radius 3 is 2.62 bits per heavy atom. The fourth-order valence-electron chi connectivity index (χ4n) is 4.47. The Hall–Kier alpha value is -3.82. The smallest absolute Gasteiger partial charge is 0.298 e. The molecule has 2 aromatic carbocycles. The molecule has 2 fully saturated rings. The van der Waals surface area contributed by atoms with Gasteiger partial charge in [0.2, 0.25) is 0 Å². The van der Waals surface area contributed by atoms with E-state index < -0.39 is 11.7 Å². The summed E-state index contributed by atoms with van der Waals surface area (Å²) in [5.41, 5.74) is 3.82. The van der Waals surface area contributed by atoms with E-state index in [0.717, 1.165) is 6.21 Å².